The summed E-state index contributed by atoms with van der Waals surface area (Å²) in [6, 6.07) is 5.94. The summed E-state index contributed by atoms with van der Waals surface area (Å²) in [5.41, 5.74) is 0.305. The van der Waals surface area contributed by atoms with Crippen LogP contribution in [0.25, 0.3) is 0 Å². The van der Waals surface area contributed by atoms with Gasteiger partial charge in [0.15, 0.2) is 0 Å². The Morgan fingerprint density at radius 1 is 0.964 bits per heavy atom. The number of hydrogen-bond donors (Lipinski definition) is 4. The van der Waals surface area contributed by atoms with Crippen LogP contribution in [0, 0.1) is 5.92 Å². The molecule has 2 atom stereocenters. The SMILES string of the molecule is CC(C)(C)OC(=O)NC1(c2ccc(OCC3=CC[N+](C)(C)C=C3)cc2)CCN([C@@H](C(=O)NO)C2CCN(C(=O)OC(C)(C)C)CC2)C1=O.O=C(O)C(F)(F)F. The number of amides is 4. The summed E-state index contributed by atoms with van der Waals surface area (Å²) in [6.45, 7) is 12.6. The van der Waals surface area contributed by atoms with Gasteiger partial charge in [-0.3, -0.25) is 19.3 Å². The Bertz CT molecular complexity index is 1630. The number of carbonyl (C=O) groups is 5. The van der Waals surface area contributed by atoms with Crippen LogP contribution in [0.1, 0.15) is 66.4 Å². The first-order valence-electron chi connectivity index (χ1n) is 17.8. The summed E-state index contributed by atoms with van der Waals surface area (Å²) >= 11 is 0. The summed E-state index contributed by atoms with van der Waals surface area (Å²) < 4.78 is 49.6. The predicted octanol–water partition coefficient (Wildman–Crippen LogP) is 4.70. The highest BCUT2D eigenvalue weighted by Gasteiger charge is 2.54. The van der Waals surface area contributed by atoms with E-state index in [-0.39, 0.29) is 18.9 Å². The molecule has 306 valence electrons. The van der Waals surface area contributed by atoms with Gasteiger partial charge in [0.05, 0.1) is 20.3 Å². The number of alkyl halides is 3. The average molecular weight is 785 g/mol. The monoisotopic (exact) mass is 784 g/mol. The van der Waals surface area contributed by atoms with Crippen LogP contribution in [0.5, 0.6) is 5.75 Å². The van der Waals surface area contributed by atoms with Crippen molar-refractivity contribution in [2.75, 3.05) is 46.9 Å². The van der Waals surface area contributed by atoms with Crippen LogP contribution in [0.3, 0.4) is 0 Å². The third-order valence-corrected chi connectivity index (χ3v) is 8.93. The zero-order chi connectivity index (χ0) is 41.6. The summed E-state index contributed by atoms with van der Waals surface area (Å²) in [4.78, 5) is 65.4. The van der Waals surface area contributed by atoms with Gasteiger partial charge in [-0.1, -0.05) is 12.1 Å². The number of nitrogens with zero attached hydrogens (tertiary/aromatic N) is 3. The number of rotatable bonds is 8. The molecule has 0 aliphatic carbocycles. The van der Waals surface area contributed by atoms with Gasteiger partial charge in [0.25, 0.3) is 11.8 Å². The molecule has 3 heterocycles. The Morgan fingerprint density at radius 2 is 1.53 bits per heavy atom. The lowest BCUT2D eigenvalue weighted by molar-refractivity contribution is -0.833. The fourth-order valence-corrected chi connectivity index (χ4v) is 6.23. The number of hydroxylamine groups is 1. The molecular formula is C37H53F3N5O10+. The van der Waals surface area contributed by atoms with Crippen LogP contribution in [0.2, 0.25) is 0 Å². The van der Waals surface area contributed by atoms with Crippen LogP contribution < -0.4 is 15.5 Å². The largest absolute Gasteiger partial charge is 0.490 e. The smallest absolute Gasteiger partial charge is 0.489 e. The van der Waals surface area contributed by atoms with Crippen molar-refractivity contribution in [3.63, 3.8) is 0 Å². The number of halogens is 3. The fraction of sp³-hybridized carbons (Fsp3) is 0.595. The molecule has 0 saturated carbocycles. The van der Waals surface area contributed by atoms with Crippen LogP contribution >= 0.6 is 0 Å². The van der Waals surface area contributed by atoms with Gasteiger partial charge in [-0.2, -0.15) is 13.2 Å². The van der Waals surface area contributed by atoms with E-state index in [2.05, 4.69) is 31.7 Å². The summed E-state index contributed by atoms with van der Waals surface area (Å²) in [5, 5.41) is 19.7. The van der Waals surface area contributed by atoms with Crippen molar-refractivity contribution >= 4 is 30.0 Å². The lowest BCUT2D eigenvalue weighted by Gasteiger charge is -2.39. The van der Waals surface area contributed by atoms with Gasteiger partial charge >= 0.3 is 24.3 Å². The number of carboxylic acid groups (broad SMARTS) is 1. The van der Waals surface area contributed by atoms with Crippen LogP contribution in [-0.4, -0.2) is 125 Å². The van der Waals surface area contributed by atoms with Crippen molar-refractivity contribution in [1.82, 2.24) is 20.6 Å². The molecule has 0 aromatic heterocycles. The number of ether oxygens (including phenoxy) is 3. The minimum Gasteiger partial charge on any atom is -0.489 e. The lowest BCUT2D eigenvalue weighted by atomic mass is 9.86. The molecule has 3 aliphatic heterocycles. The van der Waals surface area contributed by atoms with E-state index in [1.165, 1.54) is 4.90 Å². The Balaban J connectivity index is 0.00000106. The highest BCUT2D eigenvalue weighted by Crippen LogP contribution is 2.38. The van der Waals surface area contributed by atoms with Crippen LogP contribution in [-0.2, 0) is 29.4 Å². The van der Waals surface area contributed by atoms with Gasteiger partial charge in [-0.25, -0.2) is 19.9 Å². The molecule has 0 bridgehead atoms. The number of likely N-dealkylation sites (N-methyl/N-ethyl adjacent to an activating group) is 1. The molecule has 1 unspecified atom stereocenters. The molecular weight excluding hydrogens is 731 g/mol. The maximum atomic E-state index is 14.5. The summed E-state index contributed by atoms with van der Waals surface area (Å²) in [7, 11) is 4.23. The van der Waals surface area contributed by atoms with Gasteiger partial charge in [-0.15, -0.1) is 0 Å². The quantitative estimate of drug-likeness (QED) is 0.164. The normalized spacial score (nSPS) is 20.7. The van der Waals surface area contributed by atoms with Gasteiger partial charge in [0.1, 0.15) is 41.7 Å². The highest BCUT2D eigenvalue weighted by molar-refractivity contribution is 5.96. The van der Waals surface area contributed by atoms with Gasteiger partial charge < -0.3 is 34.4 Å². The Kier molecular flexibility index (Phi) is 14.0. The van der Waals surface area contributed by atoms with E-state index in [9.17, 15) is 37.6 Å². The number of quaternary nitrogens is 1. The molecule has 2 saturated heterocycles. The molecule has 1 aromatic carbocycles. The number of carbonyl (C=O) groups excluding carboxylic acids is 4. The highest BCUT2D eigenvalue weighted by atomic mass is 19.4. The zero-order valence-electron chi connectivity index (χ0n) is 32.5. The van der Waals surface area contributed by atoms with E-state index in [0.717, 1.165) is 16.6 Å². The molecule has 4 rings (SSSR count). The number of likely N-dealkylation sites (tertiary alicyclic amines) is 2. The minimum absolute atomic E-state index is 0.132. The Hall–Kier alpha value is -4.84. The van der Waals surface area contributed by atoms with Crippen molar-refractivity contribution in [2.24, 2.45) is 5.92 Å². The number of hydrogen-bond acceptors (Lipinski definition) is 9. The predicted molar refractivity (Wildman–Crippen MR) is 191 cm³/mol. The second-order valence-electron chi connectivity index (χ2n) is 16.2. The summed E-state index contributed by atoms with van der Waals surface area (Å²) in [5.74, 6) is -3.75. The number of aliphatic carboxylic acids is 1. The number of nitrogens with one attached hydrogen (secondary N) is 2. The van der Waals surface area contributed by atoms with Gasteiger partial charge in [0, 0.05) is 26.1 Å². The molecule has 4 amide bonds. The lowest BCUT2D eigenvalue weighted by Crippen LogP contribution is -2.58. The van der Waals surface area contributed by atoms with Crippen LogP contribution in [0.15, 0.2) is 48.2 Å². The van der Waals surface area contributed by atoms with Crippen molar-refractivity contribution in [2.45, 2.75) is 89.8 Å². The maximum Gasteiger partial charge on any atom is 0.490 e. The standard InChI is InChI=1S/C35H51N5O8.C2HF3O2/c1-33(2,3)47-31(43)36-35(26-9-11-27(12-10-26)46-23-24-15-21-40(7,8)22-16-24)17-20-39(30(35)42)28(29(41)37-45)25-13-18-38(19-14-25)32(44)48-34(4,5)6;3-2(4,5)1(6)7/h9-12,15-16,21,25,28H,13-14,17-20,22-23H2,1-8H3,(H2-,36,37,41,43,45);(H,6,7)/p+1/t28-,35?;/m1./s1. The van der Waals surface area contributed by atoms with Gasteiger partial charge in [-0.05, 0) is 95.7 Å². The molecule has 0 radical (unpaired) electrons. The number of alkyl carbamates (subject to hydrolysis) is 1. The van der Waals surface area contributed by atoms with E-state index >= 15 is 0 Å². The van der Waals surface area contributed by atoms with Gasteiger partial charge in [0.2, 0.25) is 0 Å². The Morgan fingerprint density at radius 3 is 2.00 bits per heavy atom. The second-order valence-corrected chi connectivity index (χ2v) is 16.2. The summed E-state index contributed by atoms with van der Waals surface area (Å²) in [6.07, 6.45) is 0.963. The second kappa shape index (κ2) is 17.3. The van der Waals surface area contributed by atoms with Crippen molar-refractivity contribution < 1.29 is 66.2 Å². The van der Waals surface area contributed by atoms with Crippen molar-refractivity contribution in [1.29, 1.82) is 0 Å². The molecule has 55 heavy (non-hydrogen) atoms. The first-order valence-corrected chi connectivity index (χ1v) is 17.8. The molecule has 2 fully saturated rings. The Labute approximate surface area is 318 Å². The fourth-order valence-electron chi connectivity index (χ4n) is 6.23. The van der Waals surface area contributed by atoms with E-state index in [1.54, 1.807) is 76.2 Å². The number of carboxylic acids is 1. The third kappa shape index (κ3) is 12.6. The van der Waals surface area contributed by atoms with Crippen molar-refractivity contribution in [3.05, 3.63) is 53.8 Å². The minimum atomic E-state index is -5.08. The molecule has 1 aromatic rings. The maximum absolute atomic E-state index is 14.5. The topological polar surface area (TPSA) is 184 Å². The molecule has 18 heteroatoms. The molecule has 3 aliphatic rings. The average Bonchev–Trinajstić information content (AvgIpc) is 3.38. The van der Waals surface area contributed by atoms with E-state index in [1.807, 2.05) is 6.08 Å². The van der Waals surface area contributed by atoms with Crippen LogP contribution in [0.4, 0.5) is 22.8 Å². The van der Waals surface area contributed by atoms with Crippen molar-refractivity contribution in [3.8, 4) is 5.75 Å². The molecule has 0 spiro atoms. The molecule has 4 N–H and O–H groups in total. The first kappa shape index (κ1) is 44.6. The molecule has 15 nitrogen and oxygen atoms in total. The van der Waals surface area contributed by atoms with E-state index < -0.39 is 58.9 Å². The van der Waals surface area contributed by atoms with E-state index in [4.69, 9.17) is 24.1 Å². The third-order valence-electron chi connectivity index (χ3n) is 8.93. The first-order chi connectivity index (χ1) is 25.3. The number of piperidine rings is 1. The van der Waals surface area contributed by atoms with E-state index in [0.29, 0.717) is 43.9 Å². The zero-order valence-corrected chi connectivity index (χ0v) is 32.5. The number of benzene rings is 1.